The molecule has 3 atom stereocenters. The van der Waals surface area contributed by atoms with Gasteiger partial charge in [0.15, 0.2) is 5.82 Å². The largest absolute Gasteiger partial charge is 0.463 e. The second-order valence-corrected chi connectivity index (χ2v) is 12.2. The third kappa shape index (κ3) is 5.93. The van der Waals surface area contributed by atoms with Gasteiger partial charge in [-0.25, -0.2) is 8.78 Å². The monoisotopic (exact) mass is 625 g/mol. The van der Waals surface area contributed by atoms with Crippen LogP contribution in [0.5, 0.6) is 6.01 Å². The van der Waals surface area contributed by atoms with Crippen molar-refractivity contribution < 1.29 is 18.1 Å². The van der Waals surface area contributed by atoms with Gasteiger partial charge in [-0.2, -0.15) is 15.1 Å². The van der Waals surface area contributed by atoms with E-state index in [2.05, 4.69) is 30.8 Å². The number of terminal acetylenes is 1. The van der Waals surface area contributed by atoms with E-state index in [1.54, 1.807) is 47.6 Å². The van der Waals surface area contributed by atoms with Crippen LogP contribution in [0.3, 0.4) is 0 Å². The fourth-order valence-electron chi connectivity index (χ4n) is 6.27. The fraction of sp³-hybridized carbons (Fsp3) is 0.312. The number of rotatable bonds is 8. The summed E-state index contributed by atoms with van der Waals surface area (Å²) in [6.45, 7) is 3.44. The molecule has 3 aromatic heterocycles. The van der Waals surface area contributed by atoms with Gasteiger partial charge in [0, 0.05) is 54.5 Å². The molecule has 0 aliphatic carbocycles. The van der Waals surface area contributed by atoms with Crippen molar-refractivity contribution in [2.45, 2.75) is 55.4 Å². The fourth-order valence-corrected chi connectivity index (χ4v) is 6.54. The molecular formula is C32H30BF2N7O2S. The van der Waals surface area contributed by atoms with Gasteiger partial charge in [-0.05, 0) is 36.8 Å². The minimum atomic E-state index is -0.743. The Labute approximate surface area is 263 Å². The topological polar surface area (TPSA) is 115 Å². The normalized spacial score (nSPS) is 19.3. The molecule has 3 saturated heterocycles. The van der Waals surface area contributed by atoms with Crippen molar-refractivity contribution in [2.24, 2.45) is 0 Å². The SMILES string of the molecule is C#Cc1c(F)ccc2cccc(-c3ncc4c(N)nc(OCCCCn5ccc(SO)n5)nc4c3F)c12.C1CC2CN2B2CC12. The molecule has 228 valence electrons. The zero-order valence-corrected chi connectivity index (χ0v) is 25.2. The average Bonchev–Trinajstić information content (AvgIpc) is 3.96. The van der Waals surface area contributed by atoms with Crippen molar-refractivity contribution in [3.8, 4) is 29.6 Å². The van der Waals surface area contributed by atoms with E-state index in [1.807, 2.05) is 0 Å². The van der Waals surface area contributed by atoms with Gasteiger partial charge in [-0.3, -0.25) is 9.67 Å². The summed E-state index contributed by atoms with van der Waals surface area (Å²) in [6.07, 6.45) is 14.7. The molecule has 3 aliphatic rings. The molecule has 3 aliphatic heterocycles. The number of anilines is 1. The van der Waals surface area contributed by atoms with Gasteiger partial charge in [0.05, 0.1) is 17.6 Å². The molecule has 45 heavy (non-hydrogen) atoms. The van der Waals surface area contributed by atoms with Gasteiger partial charge in [-0.15, -0.1) is 6.42 Å². The summed E-state index contributed by atoms with van der Waals surface area (Å²) in [5.41, 5.74) is 6.31. The molecule has 0 spiro atoms. The van der Waals surface area contributed by atoms with Crippen LogP contribution in [0, 0.1) is 24.0 Å². The number of benzene rings is 2. The Morgan fingerprint density at radius 3 is 2.84 bits per heavy atom. The number of aromatic nitrogens is 5. The minimum Gasteiger partial charge on any atom is -0.463 e. The molecule has 0 radical (unpaired) electrons. The number of unbranched alkanes of at least 4 members (excludes halogenated alkanes) is 1. The van der Waals surface area contributed by atoms with Crippen LogP contribution in [0.25, 0.3) is 32.9 Å². The van der Waals surface area contributed by atoms with Crippen LogP contribution in [0.4, 0.5) is 14.6 Å². The first-order chi connectivity index (χ1) is 21.9. The van der Waals surface area contributed by atoms with E-state index in [-0.39, 0.29) is 40.6 Å². The van der Waals surface area contributed by atoms with Crippen molar-refractivity contribution >= 4 is 46.4 Å². The Balaban J connectivity index is 0.000000344. The Hall–Kier alpha value is -4.25. The maximum atomic E-state index is 15.8. The Morgan fingerprint density at radius 2 is 2.04 bits per heavy atom. The summed E-state index contributed by atoms with van der Waals surface area (Å²) in [5.74, 6) is 2.21. The summed E-state index contributed by atoms with van der Waals surface area (Å²) < 4.78 is 46.6. The molecule has 2 aromatic carbocycles. The molecule has 0 saturated carbocycles. The second kappa shape index (κ2) is 12.3. The number of ether oxygens (including phenoxy) is 1. The first kappa shape index (κ1) is 29.5. The lowest BCUT2D eigenvalue weighted by molar-refractivity contribution is 0.280. The molecule has 8 rings (SSSR count). The molecule has 0 bridgehead atoms. The standard InChI is InChI=1S/C26H20F2N6O2S.C6H10BN/c1-2-16-19(27)9-8-15-6-5-7-17(21(15)16)23-22(28)24-18(14-30-23)25(29)32-26(31-24)36-13-4-3-11-34-12-10-20(33-34)37-35;1-2-6-4-8(6)7-3-5(1)7/h1,5-10,12,14,35H,3-4,11,13H2,(H2,29,31,32);5-6H,1-4H2. The van der Waals surface area contributed by atoms with Crippen molar-refractivity contribution in [3.63, 3.8) is 0 Å². The third-order valence-electron chi connectivity index (χ3n) is 8.75. The first-order valence-corrected chi connectivity index (χ1v) is 15.8. The summed E-state index contributed by atoms with van der Waals surface area (Å²) in [6, 6.07) is 10.7. The zero-order chi connectivity index (χ0) is 31.1. The van der Waals surface area contributed by atoms with Gasteiger partial charge in [-0.1, -0.05) is 48.7 Å². The highest BCUT2D eigenvalue weighted by Crippen LogP contribution is 2.53. The number of nitrogens with two attached hydrogens (primary N) is 1. The number of nitrogens with zero attached hydrogens (tertiary/aromatic N) is 6. The van der Waals surface area contributed by atoms with Crippen molar-refractivity contribution in [2.75, 3.05) is 18.9 Å². The van der Waals surface area contributed by atoms with Crippen molar-refractivity contribution in [1.29, 1.82) is 0 Å². The van der Waals surface area contributed by atoms with E-state index < -0.39 is 11.6 Å². The first-order valence-electron chi connectivity index (χ1n) is 15.0. The van der Waals surface area contributed by atoms with Crippen LogP contribution < -0.4 is 10.5 Å². The zero-order valence-electron chi connectivity index (χ0n) is 24.4. The number of nitrogen functional groups attached to an aromatic ring is 1. The van der Waals surface area contributed by atoms with E-state index in [4.69, 9.17) is 21.4 Å². The highest BCUT2D eigenvalue weighted by molar-refractivity contribution is 7.93. The van der Waals surface area contributed by atoms with E-state index in [9.17, 15) is 4.39 Å². The summed E-state index contributed by atoms with van der Waals surface area (Å²) >= 11 is 0.591. The Bertz CT molecular complexity index is 1940. The smallest absolute Gasteiger partial charge is 0.319 e. The van der Waals surface area contributed by atoms with Crippen LogP contribution in [-0.2, 0) is 6.54 Å². The maximum absolute atomic E-state index is 15.8. The molecular weight excluding hydrogens is 595 g/mol. The predicted molar refractivity (Wildman–Crippen MR) is 172 cm³/mol. The molecule has 0 amide bonds. The molecule has 9 nitrogen and oxygen atoms in total. The number of halogens is 2. The molecule has 5 aromatic rings. The van der Waals surface area contributed by atoms with Crippen LogP contribution >= 0.6 is 12.0 Å². The molecule has 3 unspecified atom stereocenters. The number of aryl methyl sites for hydroxylation is 1. The molecule has 6 heterocycles. The highest BCUT2D eigenvalue weighted by atomic mass is 32.2. The van der Waals surface area contributed by atoms with Crippen LogP contribution in [0.15, 0.2) is 53.8 Å². The summed E-state index contributed by atoms with van der Waals surface area (Å²) in [4.78, 5) is 15.3. The average molecular weight is 626 g/mol. The second-order valence-electron chi connectivity index (χ2n) is 11.6. The van der Waals surface area contributed by atoms with Crippen molar-refractivity contribution in [3.05, 3.63) is 66.0 Å². The lowest BCUT2D eigenvalue weighted by Gasteiger charge is -2.12. The predicted octanol–water partition coefficient (Wildman–Crippen LogP) is 6.15. The van der Waals surface area contributed by atoms with Crippen LogP contribution in [-0.4, -0.2) is 60.1 Å². The van der Waals surface area contributed by atoms with Crippen molar-refractivity contribution in [1.82, 2.24) is 29.5 Å². The summed E-state index contributed by atoms with van der Waals surface area (Å²) in [5, 5.41) is 5.97. The van der Waals surface area contributed by atoms with Gasteiger partial charge >= 0.3 is 6.01 Å². The van der Waals surface area contributed by atoms with Gasteiger partial charge in [0.25, 0.3) is 0 Å². The summed E-state index contributed by atoms with van der Waals surface area (Å²) in [7, 11) is 0. The maximum Gasteiger partial charge on any atom is 0.319 e. The Morgan fingerprint density at radius 1 is 1.16 bits per heavy atom. The molecule has 13 heteroatoms. The quantitative estimate of drug-likeness (QED) is 0.0689. The minimum absolute atomic E-state index is 0.0248. The van der Waals surface area contributed by atoms with E-state index >= 15 is 4.39 Å². The van der Waals surface area contributed by atoms with Crippen LogP contribution in [0.2, 0.25) is 12.1 Å². The lowest BCUT2D eigenvalue weighted by Crippen LogP contribution is -2.14. The Kier molecular flexibility index (Phi) is 8.04. The number of fused-ring (bicyclic) bond motifs is 5. The van der Waals surface area contributed by atoms with E-state index in [0.29, 0.717) is 46.4 Å². The van der Waals surface area contributed by atoms with Gasteiger partial charge in [0.1, 0.15) is 27.9 Å². The molecule has 3 fully saturated rings. The van der Waals surface area contributed by atoms with E-state index in [1.165, 1.54) is 31.5 Å². The number of pyridine rings is 1. The van der Waals surface area contributed by atoms with Crippen LogP contribution in [0.1, 0.15) is 31.2 Å². The number of hydrogen-bond donors (Lipinski definition) is 2. The number of hydrogen-bond acceptors (Lipinski definition) is 9. The van der Waals surface area contributed by atoms with E-state index in [0.717, 1.165) is 25.1 Å². The molecule has 3 N–H and O–H groups in total. The highest BCUT2D eigenvalue weighted by Gasteiger charge is 2.57. The third-order valence-corrected chi connectivity index (χ3v) is 9.15. The lowest BCUT2D eigenvalue weighted by atomic mass is 9.79. The van der Waals surface area contributed by atoms with Gasteiger partial charge in [0.2, 0.25) is 6.85 Å². The van der Waals surface area contributed by atoms with Gasteiger partial charge < -0.3 is 19.8 Å².